The van der Waals surface area contributed by atoms with Gasteiger partial charge in [0, 0.05) is 12.1 Å². The summed E-state index contributed by atoms with van der Waals surface area (Å²) >= 11 is 0. The van der Waals surface area contributed by atoms with Gasteiger partial charge in [0.05, 0.1) is 5.56 Å². The van der Waals surface area contributed by atoms with Crippen LogP contribution in [0.3, 0.4) is 0 Å². The molecule has 4 nitrogen and oxygen atoms in total. The van der Waals surface area contributed by atoms with Crippen LogP contribution >= 0.6 is 0 Å². The van der Waals surface area contributed by atoms with Crippen LogP contribution in [-0.4, -0.2) is 16.1 Å². The van der Waals surface area contributed by atoms with E-state index in [0.29, 0.717) is 17.1 Å². The van der Waals surface area contributed by atoms with Gasteiger partial charge in [0.25, 0.3) is 0 Å². The van der Waals surface area contributed by atoms with E-state index >= 15 is 0 Å². The highest BCUT2D eigenvalue weighted by Crippen LogP contribution is 2.30. The summed E-state index contributed by atoms with van der Waals surface area (Å²) in [4.78, 5) is 11.3. The van der Waals surface area contributed by atoms with Gasteiger partial charge in [-0.05, 0) is 42.9 Å². The van der Waals surface area contributed by atoms with Crippen LogP contribution in [0.15, 0.2) is 18.2 Å². The number of aryl methyl sites for hydroxylation is 3. The minimum atomic E-state index is 0.470. The third-order valence-corrected chi connectivity index (χ3v) is 3.96. The Morgan fingerprint density at radius 1 is 1.35 bits per heavy atom. The average molecular weight is 269 g/mol. The van der Waals surface area contributed by atoms with E-state index in [0.717, 1.165) is 37.7 Å². The second-order valence-corrected chi connectivity index (χ2v) is 5.33. The minimum Gasteiger partial charge on any atom is -0.383 e. The largest absolute Gasteiger partial charge is 0.383 e. The Labute approximate surface area is 118 Å². The summed E-state index contributed by atoms with van der Waals surface area (Å²) in [5, 5.41) is 4.53. The maximum Gasteiger partial charge on any atom is 0.156 e. The Morgan fingerprint density at radius 2 is 2.15 bits per heavy atom. The first-order valence-corrected chi connectivity index (χ1v) is 7.18. The number of hydrogen-bond donors (Lipinski definition) is 1. The number of benzene rings is 1. The number of hydrogen-bond acceptors (Lipinski definition) is 3. The van der Waals surface area contributed by atoms with E-state index in [1.54, 1.807) is 4.68 Å². The molecular weight excluding hydrogens is 250 g/mol. The van der Waals surface area contributed by atoms with Crippen molar-refractivity contribution in [3.05, 3.63) is 34.9 Å². The second kappa shape index (κ2) is 5.12. The maximum absolute atomic E-state index is 11.3. The molecule has 1 aromatic carbocycles. The van der Waals surface area contributed by atoms with Crippen molar-refractivity contribution in [1.82, 2.24) is 9.78 Å². The molecule has 0 saturated heterocycles. The molecule has 4 heteroatoms. The predicted molar refractivity (Wildman–Crippen MR) is 79.8 cm³/mol. The molecule has 20 heavy (non-hydrogen) atoms. The number of aldehydes is 1. The van der Waals surface area contributed by atoms with Crippen molar-refractivity contribution in [3.8, 4) is 11.3 Å². The normalized spacial score (nSPS) is 13.4. The molecule has 0 unspecified atom stereocenters. The number of fused-ring (bicyclic) bond motifs is 1. The van der Waals surface area contributed by atoms with Gasteiger partial charge in [0.2, 0.25) is 0 Å². The number of rotatable bonds is 4. The van der Waals surface area contributed by atoms with Gasteiger partial charge in [0.15, 0.2) is 6.29 Å². The Morgan fingerprint density at radius 3 is 2.90 bits per heavy atom. The van der Waals surface area contributed by atoms with Gasteiger partial charge >= 0.3 is 0 Å². The lowest BCUT2D eigenvalue weighted by Crippen LogP contribution is -2.04. The molecule has 0 amide bonds. The van der Waals surface area contributed by atoms with E-state index in [1.807, 2.05) is 0 Å². The molecule has 104 valence electrons. The van der Waals surface area contributed by atoms with Gasteiger partial charge in [-0.1, -0.05) is 19.1 Å². The summed E-state index contributed by atoms with van der Waals surface area (Å²) in [6, 6.07) is 6.36. The highest BCUT2D eigenvalue weighted by molar-refractivity contribution is 5.91. The van der Waals surface area contributed by atoms with Crippen LogP contribution in [0.25, 0.3) is 11.3 Å². The van der Waals surface area contributed by atoms with Crippen LogP contribution in [0.2, 0.25) is 0 Å². The number of anilines is 1. The topological polar surface area (TPSA) is 60.9 Å². The van der Waals surface area contributed by atoms with Crippen molar-refractivity contribution in [2.75, 3.05) is 5.73 Å². The highest BCUT2D eigenvalue weighted by Gasteiger charge is 2.18. The monoisotopic (exact) mass is 269 g/mol. The number of carbonyl (C=O) groups excluding carboxylic acids is 1. The van der Waals surface area contributed by atoms with Gasteiger partial charge in [-0.2, -0.15) is 5.10 Å². The molecule has 1 aliphatic rings. The van der Waals surface area contributed by atoms with Crippen LogP contribution in [0, 0.1) is 0 Å². The number of aromatic nitrogens is 2. The first-order chi connectivity index (χ1) is 9.74. The molecule has 0 spiro atoms. The molecule has 0 atom stereocenters. The third kappa shape index (κ3) is 2.01. The van der Waals surface area contributed by atoms with Crippen LogP contribution in [0.4, 0.5) is 5.82 Å². The molecule has 0 fully saturated rings. The summed E-state index contributed by atoms with van der Waals surface area (Å²) in [5.74, 6) is 0.470. The van der Waals surface area contributed by atoms with E-state index in [2.05, 4.69) is 30.2 Å². The number of nitrogens with zero attached hydrogens (tertiary/aromatic N) is 2. The third-order valence-electron chi connectivity index (χ3n) is 3.96. The minimum absolute atomic E-state index is 0.470. The zero-order valence-electron chi connectivity index (χ0n) is 11.7. The lowest BCUT2D eigenvalue weighted by Gasteiger charge is -2.03. The summed E-state index contributed by atoms with van der Waals surface area (Å²) in [5.41, 5.74) is 11.0. The number of nitrogen functional groups attached to an aromatic ring is 1. The standard InChI is InChI=1S/C16H19N3O/c1-2-8-19-16(17)14(10-20)15(18-19)13-7-6-11-4-3-5-12(11)9-13/h6-7,9-10H,2-5,8,17H2,1H3. The van der Waals surface area contributed by atoms with E-state index in [1.165, 1.54) is 17.5 Å². The SMILES string of the molecule is CCCn1nc(-c2ccc3c(c2)CCC3)c(C=O)c1N. The zero-order chi connectivity index (χ0) is 14.1. The smallest absolute Gasteiger partial charge is 0.156 e. The van der Waals surface area contributed by atoms with Gasteiger partial charge in [0.1, 0.15) is 11.5 Å². The Bertz CT molecular complexity index is 658. The molecular formula is C16H19N3O. The fourth-order valence-corrected chi connectivity index (χ4v) is 2.92. The van der Waals surface area contributed by atoms with E-state index in [-0.39, 0.29) is 0 Å². The van der Waals surface area contributed by atoms with E-state index in [9.17, 15) is 4.79 Å². The molecule has 3 rings (SSSR count). The number of carbonyl (C=O) groups is 1. The van der Waals surface area contributed by atoms with Crippen molar-refractivity contribution >= 4 is 12.1 Å². The van der Waals surface area contributed by atoms with Gasteiger partial charge in [-0.25, -0.2) is 4.68 Å². The fourth-order valence-electron chi connectivity index (χ4n) is 2.92. The average Bonchev–Trinajstić information content (AvgIpc) is 3.03. The molecule has 1 aromatic heterocycles. The molecule has 0 saturated carbocycles. The van der Waals surface area contributed by atoms with Gasteiger partial charge < -0.3 is 5.73 Å². The first-order valence-electron chi connectivity index (χ1n) is 7.18. The lowest BCUT2D eigenvalue weighted by atomic mass is 10.0. The van der Waals surface area contributed by atoms with Crippen LogP contribution in [0.1, 0.15) is 41.3 Å². The molecule has 0 aliphatic heterocycles. The van der Waals surface area contributed by atoms with Crippen molar-refractivity contribution in [3.63, 3.8) is 0 Å². The summed E-state index contributed by atoms with van der Waals surface area (Å²) < 4.78 is 1.73. The second-order valence-electron chi connectivity index (χ2n) is 5.33. The van der Waals surface area contributed by atoms with Crippen molar-refractivity contribution in [2.24, 2.45) is 0 Å². The summed E-state index contributed by atoms with van der Waals surface area (Å²) in [7, 11) is 0. The molecule has 0 radical (unpaired) electrons. The van der Waals surface area contributed by atoms with Crippen molar-refractivity contribution in [2.45, 2.75) is 39.2 Å². The van der Waals surface area contributed by atoms with Crippen molar-refractivity contribution < 1.29 is 4.79 Å². The van der Waals surface area contributed by atoms with Gasteiger partial charge in [-0.15, -0.1) is 0 Å². The lowest BCUT2D eigenvalue weighted by molar-refractivity contribution is 0.112. The Hall–Kier alpha value is -2.10. The quantitative estimate of drug-likeness (QED) is 0.868. The molecule has 1 aliphatic carbocycles. The zero-order valence-corrected chi connectivity index (χ0v) is 11.7. The first kappa shape index (κ1) is 12.9. The Kier molecular flexibility index (Phi) is 3.30. The molecule has 2 aromatic rings. The Balaban J connectivity index is 2.09. The van der Waals surface area contributed by atoms with Crippen LogP contribution in [0.5, 0.6) is 0 Å². The summed E-state index contributed by atoms with van der Waals surface area (Å²) in [6.07, 6.45) is 5.24. The van der Waals surface area contributed by atoms with Crippen LogP contribution < -0.4 is 5.73 Å². The maximum atomic E-state index is 11.3. The highest BCUT2D eigenvalue weighted by atomic mass is 16.1. The van der Waals surface area contributed by atoms with Crippen molar-refractivity contribution in [1.29, 1.82) is 0 Å². The van der Waals surface area contributed by atoms with E-state index in [4.69, 9.17) is 5.73 Å². The van der Waals surface area contributed by atoms with Gasteiger partial charge in [-0.3, -0.25) is 4.79 Å². The summed E-state index contributed by atoms with van der Waals surface area (Å²) in [6.45, 7) is 2.80. The van der Waals surface area contributed by atoms with Crippen LogP contribution in [-0.2, 0) is 19.4 Å². The van der Waals surface area contributed by atoms with E-state index < -0.39 is 0 Å². The molecule has 1 heterocycles. The fraction of sp³-hybridized carbons (Fsp3) is 0.375. The number of nitrogens with two attached hydrogens (primary N) is 1. The molecule has 0 bridgehead atoms. The molecule has 2 N–H and O–H groups in total. The predicted octanol–water partition coefficient (Wildman–Crippen LogP) is 2.84.